The molecule has 0 aliphatic heterocycles. The van der Waals surface area contributed by atoms with Crippen LogP contribution in [-0.2, 0) is 6.54 Å². The van der Waals surface area contributed by atoms with Crippen LogP contribution in [-0.4, -0.2) is 14.8 Å². The second kappa shape index (κ2) is 5.01. The molecular formula is C16H16N4O. The Hall–Kier alpha value is -2.69. The van der Waals surface area contributed by atoms with Crippen molar-refractivity contribution in [3.05, 3.63) is 63.8 Å². The largest absolute Gasteiger partial charge is 0.398 e. The Bertz CT molecular complexity index is 883. The van der Waals surface area contributed by atoms with E-state index in [1.54, 1.807) is 18.5 Å². The Kier molecular flexibility index (Phi) is 3.17. The van der Waals surface area contributed by atoms with Crippen molar-refractivity contribution in [3.63, 3.8) is 0 Å². The van der Waals surface area contributed by atoms with Crippen molar-refractivity contribution in [3.8, 4) is 0 Å². The van der Waals surface area contributed by atoms with Crippen LogP contribution in [0, 0.1) is 13.8 Å². The lowest BCUT2D eigenvalue weighted by Gasteiger charge is -2.11. The molecule has 106 valence electrons. The van der Waals surface area contributed by atoms with Crippen molar-refractivity contribution in [2.24, 2.45) is 0 Å². The summed E-state index contributed by atoms with van der Waals surface area (Å²) in [6.45, 7) is 4.15. The van der Waals surface area contributed by atoms with Crippen LogP contribution in [0.3, 0.4) is 0 Å². The Morgan fingerprint density at radius 3 is 2.76 bits per heavy atom. The van der Waals surface area contributed by atoms with Crippen LogP contribution < -0.4 is 11.3 Å². The molecule has 0 amide bonds. The minimum atomic E-state index is -0.117. The van der Waals surface area contributed by atoms with E-state index in [0.717, 1.165) is 22.2 Å². The molecule has 2 heterocycles. The smallest absolute Gasteiger partial charge is 0.274 e. The molecular weight excluding hydrogens is 264 g/mol. The average Bonchev–Trinajstić information content (AvgIpc) is 2.50. The van der Waals surface area contributed by atoms with Crippen LogP contribution >= 0.6 is 0 Å². The maximum atomic E-state index is 12.4. The van der Waals surface area contributed by atoms with Gasteiger partial charge in [0.1, 0.15) is 0 Å². The van der Waals surface area contributed by atoms with Gasteiger partial charge >= 0.3 is 0 Å². The number of nitrogens with two attached hydrogens (primary N) is 1. The molecule has 5 heteroatoms. The molecule has 0 saturated heterocycles. The molecule has 0 saturated carbocycles. The first kappa shape index (κ1) is 13.3. The summed E-state index contributed by atoms with van der Waals surface area (Å²) in [5.74, 6) is 0. The molecule has 0 bridgehead atoms. The Labute approximate surface area is 122 Å². The number of nitrogens with zero attached hydrogens (tertiary/aromatic N) is 3. The molecule has 1 aromatic carbocycles. The quantitative estimate of drug-likeness (QED) is 0.779. The maximum absolute atomic E-state index is 12.4. The molecule has 0 atom stereocenters. The normalized spacial score (nSPS) is 11.0. The fourth-order valence-electron chi connectivity index (χ4n) is 2.33. The van der Waals surface area contributed by atoms with Crippen LogP contribution in [0.25, 0.3) is 10.8 Å². The molecule has 3 aromatic rings. The first-order chi connectivity index (χ1) is 10.1. The van der Waals surface area contributed by atoms with Crippen molar-refractivity contribution in [1.29, 1.82) is 0 Å². The fraction of sp³-hybridized carbons (Fsp3) is 0.188. The van der Waals surface area contributed by atoms with Gasteiger partial charge in [0.2, 0.25) is 0 Å². The van der Waals surface area contributed by atoms with Gasteiger partial charge in [0, 0.05) is 17.3 Å². The number of hydrogen-bond acceptors (Lipinski definition) is 4. The first-order valence-electron chi connectivity index (χ1n) is 6.73. The molecule has 0 fully saturated rings. The SMILES string of the molecule is Cc1cnc(Cn2ncc3ccccc3c2=O)c(C)c1N. The summed E-state index contributed by atoms with van der Waals surface area (Å²) in [5, 5.41) is 5.72. The summed E-state index contributed by atoms with van der Waals surface area (Å²) in [6.07, 6.45) is 3.42. The van der Waals surface area contributed by atoms with Gasteiger partial charge in [-0.2, -0.15) is 5.10 Å². The minimum Gasteiger partial charge on any atom is -0.398 e. The Balaban J connectivity index is 2.09. The van der Waals surface area contributed by atoms with E-state index in [2.05, 4.69) is 10.1 Å². The number of hydrogen-bond donors (Lipinski definition) is 1. The monoisotopic (exact) mass is 280 g/mol. The highest BCUT2D eigenvalue weighted by Gasteiger charge is 2.09. The molecule has 5 nitrogen and oxygen atoms in total. The Morgan fingerprint density at radius 2 is 1.95 bits per heavy atom. The van der Waals surface area contributed by atoms with Crippen LogP contribution in [0.1, 0.15) is 16.8 Å². The molecule has 0 radical (unpaired) electrons. The van der Waals surface area contributed by atoms with Crippen molar-refractivity contribution in [2.75, 3.05) is 5.73 Å². The standard InChI is InChI=1S/C16H16N4O/c1-10-7-18-14(11(2)15(10)17)9-20-16(21)13-6-4-3-5-12(13)8-19-20/h3-8H,9H2,1-2H3,(H2,17,18). The molecule has 2 N–H and O–H groups in total. The summed E-state index contributed by atoms with van der Waals surface area (Å²) in [6, 6.07) is 7.42. The zero-order chi connectivity index (χ0) is 15.0. The number of benzene rings is 1. The second-order valence-electron chi connectivity index (χ2n) is 5.12. The minimum absolute atomic E-state index is 0.117. The molecule has 3 rings (SSSR count). The lowest BCUT2D eigenvalue weighted by Crippen LogP contribution is -2.24. The highest BCUT2D eigenvalue weighted by Crippen LogP contribution is 2.18. The van der Waals surface area contributed by atoms with Crippen LogP contribution in [0.2, 0.25) is 0 Å². The molecule has 0 unspecified atom stereocenters. The maximum Gasteiger partial charge on any atom is 0.274 e. The van der Waals surface area contributed by atoms with E-state index < -0.39 is 0 Å². The van der Waals surface area contributed by atoms with Crippen LogP contribution in [0.15, 0.2) is 41.5 Å². The zero-order valence-electron chi connectivity index (χ0n) is 12.0. The van der Waals surface area contributed by atoms with E-state index in [0.29, 0.717) is 17.6 Å². The van der Waals surface area contributed by atoms with Gasteiger partial charge in [-0.25, -0.2) is 4.68 Å². The number of fused-ring (bicyclic) bond motifs is 1. The third-order valence-corrected chi connectivity index (χ3v) is 3.74. The molecule has 0 aliphatic carbocycles. The van der Waals surface area contributed by atoms with Crippen LogP contribution in [0.5, 0.6) is 0 Å². The van der Waals surface area contributed by atoms with Gasteiger partial charge in [-0.1, -0.05) is 18.2 Å². The summed E-state index contributed by atoms with van der Waals surface area (Å²) >= 11 is 0. The van der Waals surface area contributed by atoms with Crippen molar-refractivity contribution in [1.82, 2.24) is 14.8 Å². The summed E-state index contributed by atoms with van der Waals surface area (Å²) in [5.41, 5.74) is 9.22. The number of aromatic nitrogens is 3. The molecule has 0 spiro atoms. The van der Waals surface area contributed by atoms with Gasteiger partial charge in [0.15, 0.2) is 0 Å². The van der Waals surface area contributed by atoms with Gasteiger partial charge in [-0.15, -0.1) is 0 Å². The van der Waals surface area contributed by atoms with Gasteiger partial charge in [-0.05, 0) is 31.0 Å². The van der Waals surface area contributed by atoms with Crippen molar-refractivity contribution < 1.29 is 0 Å². The number of rotatable bonds is 2. The lowest BCUT2D eigenvalue weighted by molar-refractivity contribution is 0.633. The number of pyridine rings is 1. The predicted molar refractivity (Wildman–Crippen MR) is 83.2 cm³/mol. The molecule has 21 heavy (non-hydrogen) atoms. The summed E-state index contributed by atoms with van der Waals surface area (Å²) in [7, 11) is 0. The topological polar surface area (TPSA) is 73.8 Å². The van der Waals surface area contributed by atoms with E-state index >= 15 is 0 Å². The number of anilines is 1. The average molecular weight is 280 g/mol. The van der Waals surface area contributed by atoms with Gasteiger partial charge < -0.3 is 5.73 Å². The van der Waals surface area contributed by atoms with E-state index in [4.69, 9.17) is 5.73 Å². The fourth-order valence-corrected chi connectivity index (χ4v) is 2.33. The van der Waals surface area contributed by atoms with Gasteiger partial charge in [0.25, 0.3) is 5.56 Å². The number of nitrogen functional groups attached to an aromatic ring is 1. The van der Waals surface area contributed by atoms with E-state index in [1.165, 1.54) is 4.68 Å². The summed E-state index contributed by atoms with van der Waals surface area (Å²) in [4.78, 5) is 16.8. The van der Waals surface area contributed by atoms with Crippen LogP contribution in [0.4, 0.5) is 5.69 Å². The second-order valence-corrected chi connectivity index (χ2v) is 5.12. The molecule has 2 aromatic heterocycles. The summed E-state index contributed by atoms with van der Waals surface area (Å²) < 4.78 is 1.42. The van der Waals surface area contributed by atoms with Gasteiger partial charge in [-0.3, -0.25) is 9.78 Å². The highest BCUT2D eigenvalue weighted by molar-refractivity contribution is 5.80. The third kappa shape index (κ3) is 2.27. The highest BCUT2D eigenvalue weighted by atomic mass is 16.1. The van der Waals surface area contributed by atoms with Crippen molar-refractivity contribution in [2.45, 2.75) is 20.4 Å². The van der Waals surface area contributed by atoms with E-state index in [9.17, 15) is 4.79 Å². The molecule has 0 aliphatic rings. The lowest BCUT2D eigenvalue weighted by atomic mass is 10.1. The van der Waals surface area contributed by atoms with E-state index in [1.807, 2.05) is 32.0 Å². The predicted octanol–water partition coefficient (Wildman–Crippen LogP) is 2.04. The van der Waals surface area contributed by atoms with Gasteiger partial charge in [0.05, 0.1) is 23.8 Å². The third-order valence-electron chi connectivity index (χ3n) is 3.74. The zero-order valence-corrected chi connectivity index (χ0v) is 12.0. The number of aryl methyl sites for hydroxylation is 1. The van der Waals surface area contributed by atoms with Crippen molar-refractivity contribution >= 4 is 16.5 Å². The Morgan fingerprint density at radius 1 is 1.19 bits per heavy atom. The van der Waals surface area contributed by atoms with E-state index in [-0.39, 0.29) is 5.56 Å². The first-order valence-corrected chi connectivity index (χ1v) is 6.73.